The fourth-order valence-corrected chi connectivity index (χ4v) is 3.01. The van der Waals surface area contributed by atoms with E-state index in [4.69, 9.17) is 10.00 Å². The molecule has 84 valence electrons. The Hall–Kier alpha value is -0.420. The van der Waals surface area contributed by atoms with Gasteiger partial charge in [0.15, 0.2) is 0 Å². The van der Waals surface area contributed by atoms with E-state index in [-0.39, 0.29) is 10.9 Å². The van der Waals surface area contributed by atoms with Crippen LogP contribution in [0.2, 0.25) is 0 Å². The molecule has 0 aliphatic rings. The summed E-state index contributed by atoms with van der Waals surface area (Å²) in [6, 6.07) is 0. The molecule has 2 N–H and O–H groups in total. The van der Waals surface area contributed by atoms with Gasteiger partial charge in [0.05, 0.1) is 21.1 Å². The van der Waals surface area contributed by atoms with Gasteiger partial charge in [0, 0.05) is 6.42 Å². The molecule has 6 nitrogen and oxygen atoms in total. The molecular formula is C7H16NO5P. The van der Waals surface area contributed by atoms with E-state index in [2.05, 4.69) is 0 Å². The van der Waals surface area contributed by atoms with Gasteiger partial charge in [-0.25, -0.2) is 4.79 Å². The average Bonchev–Trinajstić information content (AvgIpc) is 1.80. The quantitative estimate of drug-likeness (QED) is 0.493. The molecule has 0 aromatic rings. The van der Waals surface area contributed by atoms with Crippen molar-refractivity contribution in [2.24, 2.45) is 0 Å². The summed E-state index contributed by atoms with van der Waals surface area (Å²) in [4.78, 5) is 31.2. The second-order valence-electron chi connectivity index (χ2n) is 4.01. The largest absolute Gasteiger partial charge is 0.774 e. The standard InChI is InChI=1S/C7H16NO5P/c1-5-7(6(9)10,8(2,3)4)14(11,12)13/h5H2,1-4H3,(H2-,9,10,11,12,13). The molecule has 0 aromatic heterocycles. The SMILES string of the molecule is CCC(C(=O)O)([N+](C)(C)C)P(=O)([O-])O. The van der Waals surface area contributed by atoms with Crippen molar-refractivity contribution >= 4 is 13.6 Å². The number of aliphatic carboxylic acids is 1. The van der Waals surface area contributed by atoms with E-state index in [9.17, 15) is 14.3 Å². The Labute approximate surface area is 82.9 Å². The van der Waals surface area contributed by atoms with Crippen LogP contribution in [0.1, 0.15) is 13.3 Å². The van der Waals surface area contributed by atoms with Gasteiger partial charge < -0.3 is 23.9 Å². The lowest BCUT2D eigenvalue weighted by Gasteiger charge is -2.46. The summed E-state index contributed by atoms with van der Waals surface area (Å²) in [5, 5.41) is 6.77. The fourth-order valence-electron chi connectivity index (χ4n) is 1.61. The van der Waals surface area contributed by atoms with Crippen LogP contribution in [0.4, 0.5) is 0 Å². The molecule has 2 unspecified atom stereocenters. The Morgan fingerprint density at radius 3 is 1.86 bits per heavy atom. The van der Waals surface area contributed by atoms with E-state index in [1.54, 1.807) is 0 Å². The number of carboxylic acid groups (broad SMARTS) is 1. The Bertz CT molecular complexity index is 278. The summed E-state index contributed by atoms with van der Waals surface area (Å²) in [6.45, 7) is 1.42. The van der Waals surface area contributed by atoms with Crippen LogP contribution in [0.25, 0.3) is 0 Å². The number of likely N-dealkylation sites (N-methyl/N-ethyl adjacent to an activating group) is 1. The number of hydrogen-bond donors (Lipinski definition) is 2. The first kappa shape index (κ1) is 13.6. The number of nitrogens with zero attached hydrogens (tertiary/aromatic N) is 1. The summed E-state index contributed by atoms with van der Waals surface area (Å²) in [5.41, 5.74) is 0. The molecule has 0 spiro atoms. The maximum atomic E-state index is 11.2. The molecule has 0 bridgehead atoms. The third-order valence-electron chi connectivity index (χ3n) is 2.41. The van der Waals surface area contributed by atoms with Gasteiger partial charge in [-0.05, 0) is 0 Å². The Kier molecular flexibility index (Phi) is 3.51. The zero-order valence-corrected chi connectivity index (χ0v) is 9.62. The molecule has 2 atom stereocenters. The van der Waals surface area contributed by atoms with Crippen LogP contribution in [0.5, 0.6) is 0 Å². The van der Waals surface area contributed by atoms with E-state index >= 15 is 0 Å². The van der Waals surface area contributed by atoms with Crippen molar-refractivity contribution in [3.63, 3.8) is 0 Å². The van der Waals surface area contributed by atoms with Crippen molar-refractivity contribution < 1.29 is 28.7 Å². The van der Waals surface area contributed by atoms with Gasteiger partial charge in [-0.15, -0.1) is 0 Å². The van der Waals surface area contributed by atoms with Crippen molar-refractivity contribution in [3.8, 4) is 0 Å². The molecule has 7 heteroatoms. The molecule has 0 aliphatic heterocycles. The zero-order valence-electron chi connectivity index (χ0n) is 8.72. The molecule has 0 rings (SSSR count). The van der Waals surface area contributed by atoms with Gasteiger partial charge in [0.1, 0.15) is 0 Å². The average molecular weight is 225 g/mol. The highest BCUT2D eigenvalue weighted by molar-refractivity contribution is 7.53. The van der Waals surface area contributed by atoms with E-state index in [0.29, 0.717) is 0 Å². The Balaban J connectivity index is 5.71. The molecule has 0 radical (unpaired) electrons. The minimum atomic E-state index is -4.96. The smallest absolute Gasteiger partial charge is 0.374 e. The predicted molar refractivity (Wildman–Crippen MR) is 48.5 cm³/mol. The van der Waals surface area contributed by atoms with Crippen LogP contribution >= 0.6 is 7.60 Å². The topological polar surface area (TPSA) is 97.7 Å². The fraction of sp³-hybridized carbons (Fsp3) is 0.857. The summed E-state index contributed by atoms with van der Waals surface area (Å²) in [6.07, 6.45) is -0.191. The second kappa shape index (κ2) is 3.62. The Morgan fingerprint density at radius 1 is 1.50 bits per heavy atom. The monoisotopic (exact) mass is 225 g/mol. The molecule has 0 heterocycles. The first-order valence-corrected chi connectivity index (χ1v) is 5.67. The Morgan fingerprint density at radius 2 is 1.86 bits per heavy atom. The van der Waals surface area contributed by atoms with Gasteiger partial charge >= 0.3 is 5.97 Å². The van der Waals surface area contributed by atoms with Gasteiger partial charge in [0.2, 0.25) is 7.60 Å². The van der Waals surface area contributed by atoms with Crippen LogP contribution in [0, 0.1) is 0 Å². The predicted octanol–water partition coefficient (Wildman–Crippen LogP) is -0.571. The van der Waals surface area contributed by atoms with Crippen molar-refractivity contribution in [1.82, 2.24) is 0 Å². The molecule has 0 aliphatic carbocycles. The summed E-state index contributed by atoms with van der Waals surface area (Å²) < 4.78 is 10.8. The van der Waals surface area contributed by atoms with E-state index in [1.807, 2.05) is 0 Å². The number of carbonyl (C=O) groups is 1. The van der Waals surface area contributed by atoms with E-state index in [0.717, 1.165) is 0 Å². The van der Waals surface area contributed by atoms with Gasteiger partial charge in [-0.2, -0.15) is 0 Å². The molecule has 0 saturated carbocycles. The van der Waals surface area contributed by atoms with Gasteiger partial charge in [0.25, 0.3) is 5.28 Å². The van der Waals surface area contributed by atoms with E-state index in [1.165, 1.54) is 28.1 Å². The van der Waals surface area contributed by atoms with Crippen molar-refractivity contribution in [2.75, 3.05) is 21.1 Å². The number of carboxylic acids is 1. The minimum absolute atomic E-state index is 0.191. The normalized spacial score (nSPS) is 21.0. The van der Waals surface area contributed by atoms with Crippen molar-refractivity contribution in [2.45, 2.75) is 18.6 Å². The lowest BCUT2D eigenvalue weighted by Crippen LogP contribution is -2.62. The summed E-state index contributed by atoms with van der Waals surface area (Å²) in [7, 11) is -0.717. The lowest BCUT2D eigenvalue weighted by molar-refractivity contribution is -0.901. The van der Waals surface area contributed by atoms with Gasteiger partial charge in [-0.1, -0.05) is 6.92 Å². The highest BCUT2D eigenvalue weighted by Gasteiger charge is 2.57. The van der Waals surface area contributed by atoms with Gasteiger partial charge in [-0.3, -0.25) is 0 Å². The van der Waals surface area contributed by atoms with Crippen molar-refractivity contribution in [3.05, 3.63) is 0 Å². The highest BCUT2D eigenvalue weighted by atomic mass is 31.2. The van der Waals surface area contributed by atoms with Crippen LogP contribution in [-0.4, -0.2) is 46.9 Å². The summed E-state index contributed by atoms with van der Waals surface area (Å²) in [5.74, 6) is -1.53. The van der Waals surface area contributed by atoms with Crippen LogP contribution in [-0.2, 0) is 9.36 Å². The summed E-state index contributed by atoms with van der Waals surface area (Å²) >= 11 is 0. The number of rotatable bonds is 4. The highest BCUT2D eigenvalue weighted by Crippen LogP contribution is 2.52. The molecule has 14 heavy (non-hydrogen) atoms. The molecule has 0 fully saturated rings. The first-order chi connectivity index (χ1) is 6.00. The van der Waals surface area contributed by atoms with Crippen molar-refractivity contribution in [1.29, 1.82) is 0 Å². The molecule has 0 saturated heterocycles. The molecular weight excluding hydrogens is 209 g/mol. The lowest BCUT2D eigenvalue weighted by atomic mass is 10.1. The third kappa shape index (κ3) is 1.83. The maximum Gasteiger partial charge on any atom is 0.374 e. The maximum absolute atomic E-state index is 11.2. The van der Waals surface area contributed by atoms with E-state index < -0.39 is 18.8 Å². The first-order valence-electron chi connectivity index (χ1n) is 4.09. The third-order valence-corrected chi connectivity index (χ3v) is 4.46. The number of hydrogen-bond acceptors (Lipinski definition) is 3. The second-order valence-corrected chi connectivity index (χ2v) is 5.79. The zero-order chi connectivity index (χ0) is 11.8. The van der Waals surface area contributed by atoms with Crippen LogP contribution in [0.15, 0.2) is 0 Å². The molecule has 0 aromatic carbocycles. The number of quaternary nitrogens is 1. The van der Waals surface area contributed by atoms with Crippen LogP contribution < -0.4 is 4.89 Å². The molecule has 0 amide bonds. The van der Waals surface area contributed by atoms with Crippen LogP contribution in [0.3, 0.4) is 0 Å². The minimum Gasteiger partial charge on any atom is -0.774 e.